The Morgan fingerprint density at radius 2 is 1.61 bits per heavy atom. The first-order valence-electron chi connectivity index (χ1n) is 9.74. The van der Waals surface area contributed by atoms with Crippen molar-refractivity contribution in [1.29, 1.82) is 0 Å². The van der Waals surface area contributed by atoms with E-state index < -0.39 is 0 Å². The minimum atomic E-state index is -0.266. The molecule has 3 rings (SSSR count). The molecule has 28 heavy (non-hydrogen) atoms. The van der Waals surface area contributed by atoms with Gasteiger partial charge in [-0.1, -0.05) is 43.7 Å². The van der Waals surface area contributed by atoms with Crippen molar-refractivity contribution >= 4 is 28.5 Å². The maximum atomic E-state index is 13.2. The van der Waals surface area contributed by atoms with Crippen molar-refractivity contribution in [1.82, 2.24) is 4.90 Å². The molecular formula is C23H26N2O3. The third-order valence-electron chi connectivity index (χ3n) is 4.62. The number of para-hydroxylation sites is 1. The molecule has 0 fully saturated rings. The predicted octanol–water partition coefficient (Wildman–Crippen LogP) is 5.26. The number of nitrogens with one attached hydrogen (secondary N) is 1. The molecule has 0 saturated carbocycles. The van der Waals surface area contributed by atoms with Crippen LogP contribution in [0.3, 0.4) is 0 Å². The summed E-state index contributed by atoms with van der Waals surface area (Å²) >= 11 is 0. The Kier molecular flexibility index (Phi) is 6.14. The molecule has 0 aliphatic rings. The molecule has 1 N–H and O–H groups in total. The normalized spacial score (nSPS) is 10.8. The quantitative estimate of drug-likeness (QED) is 0.610. The van der Waals surface area contributed by atoms with Crippen molar-refractivity contribution in [2.75, 3.05) is 18.4 Å². The summed E-state index contributed by atoms with van der Waals surface area (Å²) in [7, 11) is 0. The van der Waals surface area contributed by atoms with Crippen molar-refractivity contribution < 1.29 is 14.0 Å². The zero-order valence-corrected chi connectivity index (χ0v) is 16.6. The van der Waals surface area contributed by atoms with Gasteiger partial charge in [-0.25, -0.2) is 0 Å². The van der Waals surface area contributed by atoms with Crippen LogP contribution in [0.4, 0.5) is 5.69 Å². The van der Waals surface area contributed by atoms with Gasteiger partial charge >= 0.3 is 0 Å². The molecule has 5 heteroatoms. The van der Waals surface area contributed by atoms with Crippen LogP contribution in [0.25, 0.3) is 11.0 Å². The van der Waals surface area contributed by atoms with Gasteiger partial charge in [-0.2, -0.15) is 0 Å². The van der Waals surface area contributed by atoms with Crippen LogP contribution >= 0.6 is 0 Å². The maximum Gasteiger partial charge on any atom is 0.291 e. The van der Waals surface area contributed by atoms with Gasteiger partial charge in [0.2, 0.25) is 5.76 Å². The lowest BCUT2D eigenvalue weighted by Crippen LogP contribution is -2.32. The number of nitrogens with zero attached hydrogens (tertiary/aromatic N) is 1. The Labute approximate surface area is 165 Å². The number of furan rings is 1. The fourth-order valence-electron chi connectivity index (χ4n) is 3.21. The summed E-state index contributed by atoms with van der Waals surface area (Å²) in [5.74, 6) is -0.277. The lowest BCUT2D eigenvalue weighted by atomic mass is 10.1. The first kappa shape index (κ1) is 19.7. The zero-order valence-electron chi connectivity index (χ0n) is 16.6. The number of anilines is 1. The smallest absolute Gasteiger partial charge is 0.291 e. The summed E-state index contributed by atoms with van der Waals surface area (Å²) in [5.41, 5.74) is 2.63. The first-order valence-corrected chi connectivity index (χ1v) is 9.74. The van der Waals surface area contributed by atoms with Gasteiger partial charge < -0.3 is 14.6 Å². The fourth-order valence-corrected chi connectivity index (χ4v) is 3.21. The predicted molar refractivity (Wildman–Crippen MR) is 112 cm³/mol. The van der Waals surface area contributed by atoms with Crippen LogP contribution in [-0.2, 0) is 0 Å². The number of benzene rings is 2. The van der Waals surface area contributed by atoms with Gasteiger partial charge in [-0.3, -0.25) is 9.59 Å². The second-order valence-electron chi connectivity index (χ2n) is 6.91. The van der Waals surface area contributed by atoms with E-state index in [2.05, 4.69) is 5.32 Å². The highest BCUT2D eigenvalue weighted by molar-refractivity contribution is 6.14. The highest BCUT2D eigenvalue weighted by Gasteiger charge is 2.26. The van der Waals surface area contributed by atoms with Crippen molar-refractivity contribution in [3.05, 3.63) is 65.4 Å². The maximum absolute atomic E-state index is 13.2. The van der Waals surface area contributed by atoms with E-state index in [0.717, 1.165) is 23.8 Å². The molecule has 2 aromatic carbocycles. The Hall–Kier alpha value is -3.08. The molecule has 0 radical (unpaired) electrons. The number of aryl methyl sites for hydroxylation is 1. The van der Waals surface area contributed by atoms with Gasteiger partial charge in [0.15, 0.2) is 0 Å². The average molecular weight is 378 g/mol. The molecular weight excluding hydrogens is 352 g/mol. The highest BCUT2D eigenvalue weighted by atomic mass is 16.3. The number of hydrogen-bond donors (Lipinski definition) is 1. The van der Waals surface area contributed by atoms with Crippen molar-refractivity contribution in [2.45, 2.75) is 33.6 Å². The molecule has 0 unspecified atom stereocenters. The van der Waals surface area contributed by atoms with Crippen LogP contribution in [0, 0.1) is 6.92 Å². The highest BCUT2D eigenvalue weighted by Crippen LogP contribution is 2.32. The number of amides is 2. The third kappa shape index (κ3) is 4.09. The van der Waals surface area contributed by atoms with Crippen molar-refractivity contribution in [2.24, 2.45) is 0 Å². The molecule has 0 aliphatic heterocycles. The van der Waals surface area contributed by atoms with Crippen molar-refractivity contribution in [3.63, 3.8) is 0 Å². The van der Waals surface area contributed by atoms with E-state index in [9.17, 15) is 9.59 Å². The molecule has 5 nitrogen and oxygen atoms in total. The molecule has 1 aromatic heterocycles. The van der Waals surface area contributed by atoms with E-state index in [1.165, 1.54) is 0 Å². The molecule has 146 valence electrons. The van der Waals surface area contributed by atoms with Crippen LogP contribution < -0.4 is 5.32 Å². The fraction of sp³-hybridized carbons (Fsp3) is 0.304. The Morgan fingerprint density at radius 3 is 2.25 bits per heavy atom. The molecule has 3 aromatic rings. The number of fused-ring (bicyclic) bond motifs is 1. The minimum absolute atomic E-state index is 0.184. The van der Waals surface area contributed by atoms with E-state index in [4.69, 9.17) is 4.42 Å². The molecule has 1 heterocycles. The number of carbonyl (C=O) groups excluding carboxylic acids is 2. The Bertz CT molecular complexity index is 967. The van der Waals surface area contributed by atoms with E-state index in [-0.39, 0.29) is 17.6 Å². The largest absolute Gasteiger partial charge is 0.449 e. The number of carbonyl (C=O) groups is 2. The first-order chi connectivity index (χ1) is 13.5. The van der Waals surface area contributed by atoms with Crippen LogP contribution in [0.2, 0.25) is 0 Å². The SMILES string of the molecule is CCCN(CCC)C(=O)c1oc2ccccc2c1NC(=O)c1ccc(C)cc1. The van der Waals surface area contributed by atoms with Crippen LogP contribution in [0.15, 0.2) is 52.9 Å². The lowest BCUT2D eigenvalue weighted by molar-refractivity contribution is 0.0727. The van der Waals surface area contributed by atoms with E-state index in [1.54, 1.807) is 23.1 Å². The van der Waals surface area contributed by atoms with Crippen LogP contribution in [0.5, 0.6) is 0 Å². The molecule has 0 bridgehead atoms. The van der Waals surface area contributed by atoms with Gasteiger partial charge in [-0.15, -0.1) is 0 Å². The Morgan fingerprint density at radius 1 is 0.964 bits per heavy atom. The second kappa shape index (κ2) is 8.74. The zero-order chi connectivity index (χ0) is 20.1. The van der Waals surface area contributed by atoms with E-state index in [1.807, 2.05) is 51.1 Å². The summed E-state index contributed by atoms with van der Waals surface area (Å²) in [4.78, 5) is 27.7. The van der Waals surface area contributed by atoms with Gasteiger partial charge in [0.05, 0.1) is 0 Å². The van der Waals surface area contributed by atoms with E-state index in [0.29, 0.717) is 29.9 Å². The Balaban J connectivity index is 2.00. The third-order valence-corrected chi connectivity index (χ3v) is 4.62. The lowest BCUT2D eigenvalue weighted by Gasteiger charge is -2.20. The molecule has 0 atom stereocenters. The summed E-state index contributed by atoms with van der Waals surface area (Å²) in [5, 5.41) is 3.63. The molecule has 0 saturated heterocycles. The van der Waals surface area contributed by atoms with Crippen LogP contribution in [-0.4, -0.2) is 29.8 Å². The summed E-state index contributed by atoms with van der Waals surface area (Å²) in [6.45, 7) is 7.34. The molecule has 2 amide bonds. The monoisotopic (exact) mass is 378 g/mol. The van der Waals surface area contributed by atoms with Crippen LogP contribution in [0.1, 0.15) is 53.2 Å². The molecule has 0 spiro atoms. The molecule has 0 aliphatic carbocycles. The minimum Gasteiger partial charge on any atom is -0.449 e. The standard InChI is InChI=1S/C23H26N2O3/c1-4-14-25(15-5-2)23(27)21-20(18-8-6-7-9-19(18)28-21)24-22(26)17-12-10-16(3)11-13-17/h6-13H,4-5,14-15H2,1-3H3,(H,24,26). The van der Waals surface area contributed by atoms with Gasteiger partial charge in [0, 0.05) is 24.0 Å². The van der Waals surface area contributed by atoms with Gasteiger partial charge in [0.1, 0.15) is 11.3 Å². The van der Waals surface area contributed by atoms with Gasteiger partial charge in [-0.05, 0) is 44.0 Å². The van der Waals surface area contributed by atoms with Crippen molar-refractivity contribution in [3.8, 4) is 0 Å². The van der Waals surface area contributed by atoms with Gasteiger partial charge in [0.25, 0.3) is 11.8 Å². The van der Waals surface area contributed by atoms with E-state index >= 15 is 0 Å². The average Bonchev–Trinajstić information content (AvgIpc) is 3.06. The topological polar surface area (TPSA) is 62.6 Å². The number of hydrogen-bond acceptors (Lipinski definition) is 3. The summed E-state index contributed by atoms with van der Waals surface area (Å²) in [6.07, 6.45) is 1.72. The summed E-state index contributed by atoms with van der Waals surface area (Å²) in [6, 6.07) is 14.7. The second-order valence-corrected chi connectivity index (χ2v) is 6.91. The number of rotatable bonds is 7. The summed E-state index contributed by atoms with van der Waals surface area (Å²) < 4.78 is 5.88.